The molecule has 2 fully saturated rings. The van der Waals surface area contributed by atoms with E-state index >= 15 is 0 Å². The highest BCUT2D eigenvalue weighted by molar-refractivity contribution is 5.91. The summed E-state index contributed by atoms with van der Waals surface area (Å²) in [4.78, 5) is 14.6. The maximum atomic E-state index is 12.5. The van der Waals surface area contributed by atoms with Crippen LogP contribution in [0.3, 0.4) is 0 Å². The molecule has 1 amide bonds. The van der Waals surface area contributed by atoms with Crippen LogP contribution in [0.25, 0.3) is 0 Å². The van der Waals surface area contributed by atoms with E-state index in [4.69, 9.17) is 4.74 Å². The van der Waals surface area contributed by atoms with E-state index < -0.39 is 0 Å². The van der Waals surface area contributed by atoms with Crippen molar-refractivity contribution in [2.45, 2.75) is 77.6 Å². The fourth-order valence-corrected chi connectivity index (χ4v) is 2.95. The van der Waals surface area contributed by atoms with Gasteiger partial charge >= 0.3 is 0 Å². The summed E-state index contributed by atoms with van der Waals surface area (Å²) in [5.74, 6) is 0.953. The summed E-state index contributed by atoms with van der Waals surface area (Å²) < 4.78 is 5.56. The Morgan fingerprint density at radius 2 is 2.00 bits per heavy atom. The van der Waals surface area contributed by atoms with Crippen LogP contribution in [0.1, 0.15) is 59.8 Å². The quantitative estimate of drug-likeness (QED) is 0.696. The normalized spacial score (nSPS) is 24.4. The van der Waals surface area contributed by atoms with Gasteiger partial charge in [0.1, 0.15) is 0 Å². The van der Waals surface area contributed by atoms with Crippen LogP contribution in [0.4, 0.5) is 0 Å². The van der Waals surface area contributed by atoms with Gasteiger partial charge in [0.15, 0.2) is 0 Å². The second kappa shape index (κ2) is 6.44. The number of unbranched alkanes of at least 4 members (excludes halogenated alkanes) is 1. The van der Waals surface area contributed by atoms with Gasteiger partial charge in [-0.1, -0.05) is 13.8 Å². The molecule has 1 N–H and O–H groups in total. The topological polar surface area (TPSA) is 41.6 Å². The highest BCUT2D eigenvalue weighted by atomic mass is 16.5. The molecule has 4 heteroatoms. The molecule has 1 aliphatic heterocycles. The smallest absolute Gasteiger partial charge is 0.244 e. The van der Waals surface area contributed by atoms with Crippen molar-refractivity contribution in [3.63, 3.8) is 0 Å². The summed E-state index contributed by atoms with van der Waals surface area (Å²) in [5, 5.41) is 3.58. The Bertz CT molecular complexity index is 337. The predicted molar refractivity (Wildman–Crippen MR) is 80.4 cm³/mol. The van der Waals surface area contributed by atoms with Crippen molar-refractivity contribution in [3.8, 4) is 0 Å². The van der Waals surface area contributed by atoms with E-state index in [1.807, 2.05) is 0 Å². The molecule has 1 heterocycles. The lowest BCUT2D eigenvalue weighted by Gasteiger charge is -2.25. The van der Waals surface area contributed by atoms with Crippen LogP contribution in [-0.2, 0) is 9.53 Å². The number of ether oxygens (including phenoxy) is 1. The van der Waals surface area contributed by atoms with Crippen molar-refractivity contribution in [1.29, 1.82) is 0 Å². The third-order valence-electron chi connectivity index (χ3n) is 4.18. The molecule has 1 aliphatic carbocycles. The minimum atomic E-state index is -0.173. The molecule has 2 aliphatic rings. The number of hydrogen-bond acceptors (Lipinski definition) is 3. The van der Waals surface area contributed by atoms with Gasteiger partial charge in [-0.15, -0.1) is 0 Å². The standard InChI is InChI=1S/C16H30N2O2/c1-12(2)11-14-17-16(7-8-16)15(19)18(14)9-5-6-10-20-13(3)4/h12-14,17H,5-11H2,1-4H3. The van der Waals surface area contributed by atoms with Crippen molar-refractivity contribution in [2.75, 3.05) is 13.2 Å². The van der Waals surface area contributed by atoms with Gasteiger partial charge in [-0.3, -0.25) is 10.1 Å². The fraction of sp³-hybridized carbons (Fsp3) is 0.938. The number of carbonyl (C=O) groups is 1. The van der Waals surface area contributed by atoms with Crippen molar-refractivity contribution in [1.82, 2.24) is 10.2 Å². The van der Waals surface area contributed by atoms with Crippen LogP contribution < -0.4 is 5.32 Å². The molecule has 1 spiro atoms. The average Bonchev–Trinajstić information content (AvgIpc) is 3.07. The van der Waals surface area contributed by atoms with Gasteiger partial charge in [0.05, 0.1) is 17.8 Å². The Balaban J connectivity index is 1.79. The number of nitrogens with one attached hydrogen (secondary N) is 1. The lowest BCUT2D eigenvalue weighted by Crippen LogP contribution is -2.39. The predicted octanol–water partition coefficient (Wildman–Crippen LogP) is 2.53. The average molecular weight is 282 g/mol. The molecule has 0 aromatic rings. The minimum absolute atomic E-state index is 0.173. The van der Waals surface area contributed by atoms with Crippen molar-refractivity contribution >= 4 is 5.91 Å². The Morgan fingerprint density at radius 3 is 2.55 bits per heavy atom. The van der Waals surface area contributed by atoms with Crippen molar-refractivity contribution in [3.05, 3.63) is 0 Å². The summed E-state index contributed by atoms with van der Waals surface area (Å²) in [6.07, 6.45) is 5.70. The Morgan fingerprint density at radius 1 is 1.30 bits per heavy atom. The zero-order chi connectivity index (χ0) is 14.8. The Kier molecular flexibility index (Phi) is 5.08. The van der Waals surface area contributed by atoms with Gasteiger partial charge in [-0.2, -0.15) is 0 Å². The van der Waals surface area contributed by atoms with Crippen LogP contribution >= 0.6 is 0 Å². The molecule has 2 rings (SSSR count). The molecule has 1 saturated heterocycles. The monoisotopic (exact) mass is 282 g/mol. The molecule has 0 aromatic carbocycles. The highest BCUT2D eigenvalue weighted by Gasteiger charge is 2.58. The van der Waals surface area contributed by atoms with Crippen LogP contribution in [0.15, 0.2) is 0 Å². The molecule has 4 nitrogen and oxygen atoms in total. The zero-order valence-electron chi connectivity index (χ0n) is 13.4. The zero-order valence-corrected chi connectivity index (χ0v) is 13.4. The maximum absolute atomic E-state index is 12.5. The molecule has 1 unspecified atom stereocenters. The molecular formula is C16H30N2O2. The second-order valence-electron chi connectivity index (χ2n) is 7.00. The van der Waals surface area contributed by atoms with Crippen LogP contribution in [0.2, 0.25) is 0 Å². The number of hydrogen-bond donors (Lipinski definition) is 1. The molecule has 1 atom stereocenters. The van der Waals surface area contributed by atoms with E-state index in [9.17, 15) is 4.79 Å². The van der Waals surface area contributed by atoms with E-state index in [0.29, 0.717) is 17.9 Å². The summed E-state index contributed by atoms with van der Waals surface area (Å²) in [6, 6.07) is 0. The largest absolute Gasteiger partial charge is 0.379 e. The first kappa shape index (κ1) is 15.8. The lowest BCUT2D eigenvalue weighted by molar-refractivity contribution is -0.131. The molecule has 0 aromatic heterocycles. The van der Waals surface area contributed by atoms with Crippen LogP contribution in [0, 0.1) is 5.92 Å². The minimum Gasteiger partial charge on any atom is -0.379 e. The summed E-state index contributed by atoms with van der Waals surface area (Å²) >= 11 is 0. The van der Waals surface area contributed by atoms with Crippen molar-refractivity contribution < 1.29 is 9.53 Å². The van der Waals surface area contributed by atoms with Gasteiger partial charge in [0.2, 0.25) is 5.91 Å². The number of nitrogens with zero attached hydrogens (tertiary/aromatic N) is 1. The highest BCUT2D eigenvalue weighted by Crippen LogP contribution is 2.43. The fourth-order valence-electron chi connectivity index (χ4n) is 2.95. The number of amides is 1. The van der Waals surface area contributed by atoms with E-state index in [1.165, 1.54) is 0 Å². The van der Waals surface area contributed by atoms with Gasteiger partial charge in [0, 0.05) is 13.2 Å². The SMILES string of the molecule is CC(C)CC1NC2(CC2)C(=O)N1CCCCOC(C)C. The van der Waals surface area contributed by atoms with E-state index in [1.54, 1.807) is 0 Å². The molecule has 1 saturated carbocycles. The molecular weight excluding hydrogens is 252 g/mol. The van der Waals surface area contributed by atoms with Crippen LogP contribution in [-0.4, -0.2) is 41.8 Å². The van der Waals surface area contributed by atoms with E-state index in [2.05, 4.69) is 37.9 Å². The molecule has 20 heavy (non-hydrogen) atoms. The van der Waals surface area contributed by atoms with Crippen molar-refractivity contribution in [2.24, 2.45) is 5.92 Å². The first-order valence-corrected chi connectivity index (χ1v) is 8.15. The van der Waals surface area contributed by atoms with Gasteiger partial charge in [0.25, 0.3) is 0 Å². The summed E-state index contributed by atoms with van der Waals surface area (Å²) in [7, 11) is 0. The van der Waals surface area contributed by atoms with Gasteiger partial charge in [-0.25, -0.2) is 0 Å². The maximum Gasteiger partial charge on any atom is 0.244 e. The van der Waals surface area contributed by atoms with Gasteiger partial charge < -0.3 is 9.64 Å². The van der Waals surface area contributed by atoms with Crippen LogP contribution in [0.5, 0.6) is 0 Å². The third kappa shape index (κ3) is 3.73. The first-order valence-electron chi connectivity index (χ1n) is 8.15. The molecule has 0 bridgehead atoms. The number of rotatable bonds is 8. The lowest BCUT2D eigenvalue weighted by atomic mass is 10.1. The van der Waals surface area contributed by atoms with E-state index in [-0.39, 0.29) is 11.7 Å². The van der Waals surface area contributed by atoms with Gasteiger partial charge in [-0.05, 0) is 51.9 Å². The second-order valence-corrected chi connectivity index (χ2v) is 7.00. The first-order chi connectivity index (χ1) is 9.44. The third-order valence-corrected chi connectivity index (χ3v) is 4.18. The Hall–Kier alpha value is -0.610. The molecule has 116 valence electrons. The molecule has 0 radical (unpaired) electrons. The summed E-state index contributed by atoms with van der Waals surface area (Å²) in [6.45, 7) is 10.2. The van der Waals surface area contributed by atoms with E-state index in [0.717, 1.165) is 45.3 Å². The Labute approximate surface area is 123 Å². The number of carbonyl (C=O) groups excluding carboxylic acids is 1. The summed E-state index contributed by atoms with van der Waals surface area (Å²) in [5.41, 5.74) is -0.173.